The average molecular weight is 296 g/mol. The van der Waals surface area contributed by atoms with Gasteiger partial charge in [-0.3, -0.25) is 19.7 Å². The van der Waals surface area contributed by atoms with Crippen molar-refractivity contribution in [2.75, 3.05) is 5.32 Å². The van der Waals surface area contributed by atoms with Crippen LogP contribution in [0.1, 0.15) is 10.4 Å². The monoisotopic (exact) mass is 295 g/mol. The van der Waals surface area contributed by atoms with Crippen molar-refractivity contribution in [2.45, 2.75) is 0 Å². The van der Waals surface area contributed by atoms with Crippen LogP contribution in [-0.2, 0) is 0 Å². The number of nitro groups is 1. The van der Waals surface area contributed by atoms with Crippen molar-refractivity contribution in [1.82, 2.24) is 15.2 Å². The van der Waals surface area contributed by atoms with Gasteiger partial charge in [-0.25, -0.2) is 10.1 Å². The van der Waals surface area contributed by atoms with Crippen molar-refractivity contribution in [3.05, 3.63) is 55.6 Å². The fourth-order valence-electron chi connectivity index (χ4n) is 1.29. The van der Waals surface area contributed by atoms with Crippen LogP contribution in [0.25, 0.3) is 0 Å². The summed E-state index contributed by atoms with van der Waals surface area (Å²) in [6.45, 7) is 0. The fraction of sp³-hybridized carbons (Fsp3) is 0. The third kappa shape index (κ3) is 2.95. The minimum Gasteiger partial charge on any atom is -0.305 e. The molecule has 2 N–H and O–H groups in total. The Bertz CT molecular complexity index is 724. The molecule has 20 heavy (non-hydrogen) atoms. The lowest BCUT2D eigenvalue weighted by atomic mass is 10.2. The number of amides is 1. The number of anilines is 1. The van der Waals surface area contributed by atoms with E-state index in [0.29, 0.717) is 0 Å². The first-order valence-electron chi connectivity index (χ1n) is 5.14. The predicted molar refractivity (Wildman–Crippen MR) is 68.7 cm³/mol. The summed E-state index contributed by atoms with van der Waals surface area (Å²) in [4.78, 5) is 36.2. The first-order valence-corrected chi connectivity index (χ1v) is 5.52. The number of aromatic nitrogens is 3. The van der Waals surface area contributed by atoms with Gasteiger partial charge in [0.2, 0.25) is 0 Å². The van der Waals surface area contributed by atoms with E-state index in [-0.39, 0.29) is 22.2 Å². The zero-order valence-electron chi connectivity index (χ0n) is 9.66. The summed E-state index contributed by atoms with van der Waals surface area (Å²) < 4.78 is 0. The molecule has 0 saturated carbocycles. The topological polar surface area (TPSA) is 131 Å². The smallest absolute Gasteiger partial charge is 0.288 e. The van der Waals surface area contributed by atoms with Gasteiger partial charge in [0.1, 0.15) is 11.3 Å². The van der Waals surface area contributed by atoms with Crippen LogP contribution < -0.4 is 10.9 Å². The second-order valence-electron chi connectivity index (χ2n) is 3.55. The Morgan fingerprint density at radius 3 is 2.80 bits per heavy atom. The standard InChI is InChI=1S/C10H6ClN5O4/c11-9-6(3-5(4-12-9)16(19)20)10(18)13-7-1-2-8(17)15-14-7/h1-4H,(H,15,17)(H,13,14,18). The molecule has 2 aromatic heterocycles. The van der Waals surface area contributed by atoms with Gasteiger partial charge in [-0.1, -0.05) is 11.6 Å². The highest BCUT2D eigenvalue weighted by molar-refractivity contribution is 6.33. The van der Waals surface area contributed by atoms with E-state index in [0.717, 1.165) is 18.3 Å². The maximum absolute atomic E-state index is 11.9. The molecular weight excluding hydrogens is 290 g/mol. The number of carbonyl (C=O) groups is 1. The van der Waals surface area contributed by atoms with Crippen molar-refractivity contribution in [3.63, 3.8) is 0 Å². The van der Waals surface area contributed by atoms with Crippen molar-refractivity contribution >= 4 is 29.0 Å². The quantitative estimate of drug-likeness (QED) is 0.493. The summed E-state index contributed by atoms with van der Waals surface area (Å²) in [6, 6.07) is 3.43. The number of pyridine rings is 1. The van der Waals surface area contributed by atoms with Crippen LogP contribution in [0, 0.1) is 10.1 Å². The zero-order chi connectivity index (χ0) is 14.7. The molecule has 10 heteroatoms. The first-order chi connectivity index (χ1) is 9.47. The number of halogens is 1. The Kier molecular flexibility index (Phi) is 3.71. The Morgan fingerprint density at radius 1 is 1.45 bits per heavy atom. The van der Waals surface area contributed by atoms with E-state index in [1.54, 1.807) is 0 Å². The van der Waals surface area contributed by atoms with E-state index in [1.807, 2.05) is 0 Å². The van der Waals surface area contributed by atoms with Gasteiger partial charge in [0.15, 0.2) is 5.82 Å². The normalized spacial score (nSPS) is 10.1. The molecule has 2 aromatic rings. The van der Waals surface area contributed by atoms with Gasteiger partial charge >= 0.3 is 0 Å². The summed E-state index contributed by atoms with van der Waals surface area (Å²) in [5.74, 6) is -0.664. The molecule has 0 aliphatic heterocycles. The number of carbonyl (C=O) groups excluding carboxylic acids is 1. The van der Waals surface area contributed by atoms with Gasteiger partial charge in [0, 0.05) is 12.1 Å². The average Bonchev–Trinajstić information content (AvgIpc) is 2.41. The molecule has 0 aromatic carbocycles. The summed E-state index contributed by atoms with van der Waals surface area (Å²) in [5, 5.41) is 18.5. The molecule has 0 saturated heterocycles. The second kappa shape index (κ2) is 5.45. The molecular formula is C10H6ClN5O4. The fourth-order valence-corrected chi connectivity index (χ4v) is 1.48. The van der Waals surface area contributed by atoms with Gasteiger partial charge in [-0.15, -0.1) is 0 Å². The van der Waals surface area contributed by atoms with E-state index in [1.165, 1.54) is 6.07 Å². The van der Waals surface area contributed by atoms with Crippen molar-refractivity contribution in [3.8, 4) is 0 Å². The third-order valence-corrected chi connectivity index (χ3v) is 2.50. The molecule has 0 radical (unpaired) electrons. The Morgan fingerprint density at radius 2 is 2.20 bits per heavy atom. The molecule has 0 bridgehead atoms. The third-order valence-electron chi connectivity index (χ3n) is 2.20. The molecule has 0 aliphatic carbocycles. The molecule has 2 rings (SSSR count). The summed E-state index contributed by atoms with van der Waals surface area (Å²) in [6.07, 6.45) is 0.942. The van der Waals surface area contributed by atoms with Crippen LogP contribution >= 0.6 is 11.6 Å². The molecule has 0 fully saturated rings. The van der Waals surface area contributed by atoms with Gasteiger partial charge in [-0.2, -0.15) is 5.10 Å². The molecule has 0 aliphatic rings. The molecule has 102 valence electrons. The number of nitrogens with zero attached hydrogens (tertiary/aromatic N) is 3. The number of nitrogens with one attached hydrogen (secondary N) is 2. The predicted octanol–water partition coefficient (Wildman–Crippen LogP) is 0.979. The molecule has 0 spiro atoms. The van der Waals surface area contributed by atoms with Crippen molar-refractivity contribution < 1.29 is 9.72 Å². The van der Waals surface area contributed by atoms with E-state index >= 15 is 0 Å². The number of aromatic amines is 1. The molecule has 1 amide bonds. The van der Waals surface area contributed by atoms with Gasteiger partial charge in [0.05, 0.1) is 10.5 Å². The maximum atomic E-state index is 11.9. The van der Waals surface area contributed by atoms with Crippen LogP contribution in [0.3, 0.4) is 0 Å². The van der Waals surface area contributed by atoms with Gasteiger partial charge < -0.3 is 5.32 Å². The second-order valence-corrected chi connectivity index (χ2v) is 3.91. The zero-order valence-corrected chi connectivity index (χ0v) is 10.4. The highest BCUT2D eigenvalue weighted by Gasteiger charge is 2.17. The van der Waals surface area contributed by atoms with E-state index in [9.17, 15) is 19.7 Å². The van der Waals surface area contributed by atoms with E-state index in [2.05, 4.69) is 20.5 Å². The van der Waals surface area contributed by atoms with Gasteiger partial charge in [-0.05, 0) is 6.07 Å². The molecule has 9 nitrogen and oxygen atoms in total. The Balaban J connectivity index is 2.28. The summed E-state index contributed by atoms with van der Waals surface area (Å²) in [5.41, 5.74) is -0.971. The van der Waals surface area contributed by atoms with Crippen molar-refractivity contribution in [1.29, 1.82) is 0 Å². The molecule has 0 atom stereocenters. The van der Waals surface area contributed by atoms with E-state index in [4.69, 9.17) is 11.6 Å². The molecule has 0 unspecified atom stereocenters. The number of rotatable bonds is 3. The number of H-pyrrole nitrogens is 1. The summed E-state index contributed by atoms with van der Waals surface area (Å²) in [7, 11) is 0. The minimum atomic E-state index is -0.731. The highest BCUT2D eigenvalue weighted by Crippen LogP contribution is 2.19. The first kappa shape index (κ1) is 13.6. The van der Waals surface area contributed by atoms with E-state index < -0.39 is 16.4 Å². The molecule has 2 heterocycles. The number of hydrogen-bond donors (Lipinski definition) is 2. The van der Waals surface area contributed by atoms with Crippen LogP contribution in [0.2, 0.25) is 5.15 Å². The largest absolute Gasteiger partial charge is 0.305 e. The summed E-state index contributed by atoms with van der Waals surface area (Å²) >= 11 is 5.71. The lowest BCUT2D eigenvalue weighted by Gasteiger charge is -2.04. The lowest BCUT2D eigenvalue weighted by molar-refractivity contribution is -0.385. The van der Waals surface area contributed by atoms with Crippen LogP contribution in [0.5, 0.6) is 0 Å². The lowest BCUT2D eigenvalue weighted by Crippen LogP contribution is -2.16. The minimum absolute atomic E-state index is 0.0668. The SMILES string of the molecule is O=C(Nc1ccc(=O)[nH]n1)c1cc([N+](=O)[O-])cnc1Cl. The Labute approximate surface area is 115 Å². The number of hydrogen-bond acceptors (Lipinski definition) is 6. The highest BCUT2D eigenvalue weighted by atomic mass is 35.5. The van der Waals surface area contributed by atoms with Crippen molar-refractivity contribution in [2.24, 2.45) is 0 Å². The van der Waals surface area contributed by atoms with Crippen LogP contribution in [0.4, 0.5) is 11.5 Å². The van der Waals surface area contributed by atoms with Gasteiger partial charge in [0.25, 0.3) is 17.2 Å². The van der Waals surface area contributed by atoms with Crippen LogP contribution in [0.15, 0.2) is 29.2 Å². The van der Waals surface area contributed by atoms with Crippen LogP contribution in [-0.4, -0.2) is 26.0 Å². The Hall–Kier alpha value is -2.81. The maximum Gasteiger partial charge on any atom is 0.288 e.